The Hall–Kier alpha value is -2.86. The minimum absolute atomic E-state index is 0.195. The molecule has 0 atom stereocenters. The normalized spacial score (nSPS) is 9.72. The van der Waals surface area contributed by atoms with Crippen LogP contribution in [0.4, 0.5) is 11.4 Å². The molecule has 0 spiro atoms. The van der Waals surface area contributed by atoms with E-state index in [2.05, 4.69) is 54.8 Å². The van der Waals surface area contributed by atoms with E-state index in [0.717, 1.165) is 18.5 Å². The molecule has 2 aromatic rings. The second kappa shape index (κ2) is 17.8. The molecule has 0 aliphatic heterocycles. The van der Waals surface area contributed by atoms with Crippen LogP contribution in [-0.2, 0) is 27.2 Å². The van der Waals surface area contributed by atoms with E-state index in [1.54, 1.807) is 19.1 Å². The maximum absolute atomic E-state index is 11.3. The van der Waals surface area contributed by atoms with Crippen molar-refractivity contribution in [3.05, 3.63) is 59.7 Å². The van der Waals surface area contributed by atoms with Crippen molar-refractivity contribution in [3.8, 4) is 0 Å². The number of benzene rings is 2. The van der Waals surface area contributed by atoms with E-state index >= 15 is 0 Å². The fourth-order valence-electron chi connectivity index (χ4n) is 2.63. The number of esters is 1. The molecule has 0 aromatic heterocycles. The van der Waals surface area contributed by atoms with Gasteiger partial charge in [0.25, 0.3) is 0 Å². The van der Waals surface area contributed by atoms with Gasteiger partial charge < -0.3 is 20.7 Å². The fourth-order valence-corrected chi connectivity index (χ4v) is 2.63. The van der Waals surface area contributed by atoms with E-state index < -0.39 is 11.9 Å². The van der Waals surface area contributed by atoms with Gasteiger partial charge in [-0.3, -0.25) is 4.79 Å². The van der Waals surface area contributed by atoms with Crippen molar-refractivity contribution in [2.24, 2.45) is 0 Å². The van der Waals surface area contributed by atoms with E-state index in [4.69, 9.17) is 5.73 Å². The summed E-state index contributed by atoms with van der Waals surface area (Å²) >= 11 is 0. The molecule has 6 nitrogen and oxygen atoms in total. The van der Waals surface area contributed by atoms with Gasteiger partial charge in [0.05, 0.1) is 6.61 Å². The molecule has 32 heavy (non-hydrogen) atoms. The van der Waals surface area contributed by atoms with Crippen molar-refractivity contribution in [3.63, 3.8) is 0 Å². The molecule has 2 rings (SSSR count). The Bertz CT molecular complexity index is 749. The lowest BCUT2D eigenvalue weighted by atomic mass is 10.1. The van der Waals surface area contributed by atoms with Crippen LogP contribution in [0, 0.1) is 0 Å². The summed E-state index contributed by atoms with van der Waals surface area (Å²) in [7, 11) is 0. The molecule has 0 unspecified atom stereocenters. The summed E-state index contributed by atoms with van der Waals surface area (Å²) in [6.07, 6.45) is 2.02. The molecule has 178 valence electrons. The predicted molar refractivity (Wildman–Crippen MR) is 135 cm³/mol. The Labute approximate surface area is 194 Å². The number of nitrogens with two attached hydrogens (primary N) is 1. The zero-order valence-electron chi connectivity index (χ0n) is 20.6. The van der Waals surface area contributed by atoms with Crippen LogP contribution in [0.3, 0.4) is 0 Å². The van der Waals surface area contributed by atoms with Gasteiger partial charge in [-0.15, -0.1) is 0 Å². The van der Waals surface area contributed by atoms with Crippen molar-refractivity contribution >= 4 is 23.3 Å². The third-order valence-electron chi connectivity index (χ3n) is 4.81. The highest BCUT2D eigenvalue weighted by Gasteiger charge is 2.14. The van der Waals surface area contributed by atoms with Crippen LogP contribution in [-0.4, -0.2) is 43.0 Å². The molecule has 0 heterocycles. The van der Waals surface area contributed by atoms with Gasteiger partial charge in [0.15, 0.2) is 0 Å². The van der Waals surface area contributed by atoms with Gasteiger partial charge in [0, 0.05) is 11.4 Å². The number of nitrogens with one attached hydrogen (secondary N) is 1. The molecule has 0 aliphatic rings. The number of ether oxygens (including phenoxy) is 1. The molecular formula is C26H41N3O3. The molecule has 0 aliphatic carbocycles. The average molecular weight is 444 g/mol. The topological polar surface area (TPSA) is 84.7 Å². The maximum Gasteiger partial charge on any atom is 0.397 e. The van der Waals surface area contributed by atoms with Gasteiger partial charge in [0.1, 0.15) is 0 Å². The molecule has 3 N–H and O–H groups in total. The van der Waals surface area contributed by atoms with Gasteiger partial charge >= 0.3 is 11.9 Å². The highest BCUT2D eigenvalue weighted by molar-refractivity contribution is 6.37. The van der Waals surface area contributed by atoms with Gasteiger partial charge in [-0.25, -0.2) is 4.79 Å². The fraction of sp³-hybridized carbons (Fsp3) is 0.462. The molecular weight excluding hydrogens is 402 g/mol. The van der Waals surface area contributed by atoms with Crippen LogP contribution >= 0.6 is 0 Å². The lowest BCUT2D eigenvalue weighted by molar-refractivity contribution is -0.152. The first-order valence-electron chi connectivity index (χ1n) is 11.5. The number of rotatable bonds is 7. The van der Waals surface area contributed by atoms with Gasteiger partial charge in [-0.05, 0) is 74.8 Å². The number of nitrogens with zero attached hydrogens (tertiary/aromatic N) is 1. The van der Waals surface area contributed by atoms with Crippen molar-refractivity contribution in [1.82, 2.24) is 4.90 Å². The van der Waals surface area contributed by atoms with E-state index in [1.807, 2.05) is 31.2 Å². The zero-order chi connectivity index (χ0) is 24.4. The Morgan fingerprint density at radius 1 is 0.781 bits per heavy atom. The summed E-state index contributed by atoms with van der Waals surface area (Å²) in [5, 5.41) is 2.46. The molecule has 1 amide bonds. The smallest absolute Gasteiger partial charge is 0.397 e. The van der Waals surface area contributed by atoms with Crippen LogP contribution in [0.15, 0.2) is 48.5 Å². The Morgan fingerprint density at radius 2 is 1.22 bits per heavy atom. The molecule has 0 saturated carbocycles. The van der Waals surface area contributed by atoms with E-state index in [1.165, 1.54) is 30.8 Å². The molecule has 0 saturated heterocycles. The first-order chi connectivity index (χ1) is 15.3. The van der Waals surface area contributed by atoms with Crippen molar-refractivity contribution in [2.75, 3.05) is 37.3 Å². The van der Waals surface area contributed by atoms with Crippen molar-refractivity contribution < 1.29 is 14.3 Å². The Morgan fingerprint density at radius 3 is 1.56 bits per heavy atom. The number of anilines is 2. The lowest BCUT2D eigenvalue weighted by Gasteiger charge is -2.13. The monoisotopic (exact) mass is 443 g/mol. The number of carbonyl (C=O) groups excluding carboxylic acids is 2. The largest absolute Gasteiger partial charge is 0.459 e. The van der Waals surface area contributed by atoms with E-state index in [9.17, 15) is 9.59 Å². The highest BCUT2D eigenvalue weighted by Crippen LogP contribution is 2.09. The molecule has 0 bridgehead atoms. The summed E-state index contributed by atoms with van der Waals surface area (Å²) in [6, 6.07) is 15.3. The molecule has 0 fully saturated rings. The van der Waals surface area contributed by atoms with E-state index in [-0.39, 0.29) is 6.61 Å². The summed E-state index contributed by atoms with van der Waals surface area (Å²) in [4.78, 5) is 24.7. The second-order valence-corrected chi connectivity index (χ2v) is 6.94. The number of hydrogen-bond donors (Lipinski definition) is 2. The maximum atomic E-state index is 11.3. The van der Waals surface area contributed by atoms with Crippen LogP contribution < -0.4 is 11.1 Å². The van der Waals surface area contributed by atoms with Crippen molar-refractivity contribution in [2.45, 2.75) is 54.4 Å². The predicted octanol–water partition coefficient (Wildman–Crippen LogP) is 4.93. The van der Waals surface area contributed by atoms with Crippen LogP contribution in [0.2, 0.25) is 0 Å². The molecule has 6 heteroatoms. The number of amides is 1. The first kappa shape index (κ1) is 29.1. The summed E-state index contributed by atoms with van der Waals surface area (Å²) < 4.78 is 4.57. The summed E-state index contributed by atoms with van der Waals surface area (Å²) in [6.45, 7) is 16.2. The number of nitrogen functional groups attached to an aromatic ring is 1. The van der Waals surface area contributed by atoms with Crippen LogP contribution in [0.1, 0.15) is 52.7 Å². The summed E-state index contributed by atoms with van der Waals surface area (Å²) in [5.74, 6) is -1.60. The van der Waals surface area contributed by atoms with Gasteiger partial charge in [-0.1, -0.05) is 58.9 Å². The van der Waals surface area contributed by atoms with E-state index in [0.29, 0.717) is 5.69 Å². The third-order valence-corrected chi connectivity index (χ3v) is 4.81. The number of aryl methyl sites for hydroxylation is 2. The summed E-state index contributed by atoms with van der Waals surface area (Å²) in [5.41, 5.74) is 9.43. The van der Waals surface area contributed by atoms with Crippen LogP contribution in [0.25, 0.3) is 0 Å². The number of hydrogen-bond acceptors (Lipinski definition) is 5. The first-order valence-corrected chi connectivity index (χ1v) is 11.5. The lowest BCUT2D eigenvalue weighted by Crippen LogP contribution is -2.24. The molecule has 2 aromatic carbocycles. The Balaban J connectivity index is 0.000000506. The SMILES string of the molecule is CCN(CC)CC.CCOC(=O)C(=O)Nc1ccc(CC)cc1.CCc1ccc(N)cc1. The highest BCUT2D eigenvalue weighted by atomic mass is 16.5. The van der Waals surface area contributed by atoms with Crippen LogP contribution in [0.5, 0.6) is 0 Å². The Kier molecular flexibility index (Phi) is 16.2. The van der Waals surface area contributed by atoms with Gasteiger partial charge in [-0.2, -0.15) is 0 Å². The molecule has 0 radical (unpaired) electrons. The second-order valence-electron chi connectivity index (χ2n) is 6.94. The number of carbonyl (C=O) groups is 2. The zero-order valence-corrected chi connectivity index (χ0v) is 20.6. The third kappa shape index (κ3) is 12.7. The quantitative estimate of drug-likeness (QED) is 0.360. The minimum Gasteiger partial charge on any atom is -0.459 e. The average Bonchev–Trinajstić information content (AvgIpc) is 2.82. The minimum atomic E-state index is -0.859. The van der Waals surface area contributed by atoms with Gasteiger partial charge in [0.2, 0.25) is 0 Å². The standard InChI is InChI=1S/C12H15NO3.C8H11N.C6H15N/c1-3-9-5-7-10(8-6-9)13-11(14)12(15)16-4-2;1-2-7-3-5-8(9)6-4-7;1-4-7(5-2)6-3/h5-8H,3-4H2,1-2H3,(H,13,14);3-6H,2,9H2,1H3;4-6H2,1-3H3. The van der Waals surface area contributed by atoms with Crippen molar-refractivity contribution in [1.29, 1.82) is 0 Å².